The van der Waals surface area contributed by atoms with Crippen LogP contribution in [0.25, 0.3) is 0 Å². The maximum absolute atomic E-state index is 12.4. The number of carbonyl (C=O) groups is 3. The maximum atomic E-state index is 12.4. The molecule has 0 saturated carbocycles. The summed E-state index contributed by atoms with van der Waals surface area (Å²) in [5, 5.41) is 0. The number of hydrogen-bond acceptors (Lipinski definition) is 4. The average molecular weight is 284 g/mol. The average Bonchev–Trinajstić information content (AvgIpc) is 2.79. The van der Waals surface area contributed by atoms with Gasteiger partial charge >= 0.3 is 5.97 Å². The molecule has 6 nitrogen and oxygen atoms in total. The summed E-state index contributed by atoms with van der Waals surface area (Å²) in [4.78, 5) is 38.9. The van der Waals surface area contributed by atoms with Gasteiger partial charge < -0.3 is 14.5 Å². The first-order valence-electron chi connectivity index (χ1n) is 7.05. The lowest BCUT2D eigenvalue weighted by atomic mass is 10.1. The molecule has 114 valence electrons. The molecule has 20 heavy (non-hydrogen) atoms. The second-order valence-electron chi connectivity index (χ2n) is 5.38. The molecular formula is C14H24N2O4. The van der Waals surface area contributed by atoms with Crippen molar-refractivity contribution in [3.8, 4) is 0 Å². The monoisotopic (exact) mass is 284 g/mol. The SMILES string of the molecule is CCCN(CC(=O)OC)C(=O)C1CC(=O)N(C(C)C)C1. The highest BCUT2D eigenvalue weighted by atomic mass is 16.5. The fourth-order valence-corrected chi connectivity index (χ4v) is 2.41. The minimum Gasteiger partial charge on any atom is -0.468 e. The molecule has 2 amide bonds. The maximum Gasteiger partial charge on any atom is 0.325 e. The topological polar surface area (TPSA) is 66.9 Å². The molecule has 1 aliphatic rings. The molecule has 0 aromatic heterocycles. The molecule has 0 aliphatic carbocycles. The van der Waals surface area contributed by atoms with E-state index in [1.54, 1.807) is 4.90 Å². The van der Waals surface area contributed by atoms with E-state index in [9.17, 15) is 14.4 Å². The van der Waals surface area contributed by atoms with Crippen LogP contribution in [0.4, 0.5) is 0 Å². The number of ether oxygens (including phenoxy) is 1. The Morgan fingerprint density at radius 1 is 1.45 bits per heavy atom. The zero-order valence-electron chi connectivity index (χ0n) is 12.7. The van der Waals surface area contributed by atoms with Crippen molar-refractivity contribution in [2.75, 3.05) is 26.7 Å². The molecule has 1 aliphatic heterocycles. The van der Waals surface area contributed by atoms with E-state index in [1.165, 1.54) is 12.0 Å². The predicted octanol–water partition coefficient (Wildman–Crippen LogP) is 0.655. The van der Waals surface area contributed by atoms with Crippen molar-refractivity contribution >= 4 is 17.8 Å². The largest absolute Gasteiger partial charge is 0.468 e. The zero-order valence-corrected chi connectivity index (χ0v) is 12.7. The van der Waals surface area contributed by atoms with Gasteiger partial charge in [0.1, 0.15) is 6.54 Å². The van der Waals surface area contributed by atoms with Gasteiger partial charge in [0.2, 0.25) is 11.8 Å². The third-order valence-corrected chi connectivity index (χ3v) is 3.48. The number of hydrogen-bond donors (Lipinski definition) is 0. The predicted molar refractivity (Wildman–Crippen MR) is 73.8 cm³/mol. The summed E-state index contributed by atoms with van der Waals surface area (Å²) >= 11 is 0. The third-order valence-electron chi connectivity index (χ3n) is 3.48. The molecule has 0 aromatic carbocycles. The number of likely N-dealkylation sites (tertiary alicyclic amines) is 1. The van der Waals surface area contributed by atoms with Crippen LogP contribution >= 0.6 is 0 Å². The number of carbonyl (C=O) groups excluding carboxylic acids is 3. The lowest BCUT2D eigenvalue weighted by Gasteiger charge is -2.25. The van der Waals surface area contributed by atoms with E-state index in [2.05, 4.69) is 4.74 Å². The molecule has 6 heteroatoms. The van der Waals surface area contributed by atoms with Gasteiger partial charge in [0.15, 0.2) is 0 Å². The van der Waals surface area contributed by atoms with E-state index in [0.717, 1.165) is 6.42 Å². The van der Waals surface area contributed by atoms with Gasteiger partial charge in [-0.3, -0.25) is 14.4 Å². The first-order chi connectivity index (χ1) is 9.40. The molecule has 0 N–H and O–H groups in total. The van der Waals surface area contributed by atoms with Crippen LogP contribution in [-0.4, -0.2) is 60.4 Å². The normalized spacial score (nSPS) is 18.6. The zero-order chi connectivity index (χ0) is 15.3. The van der Waals surface area contributed by atoms with E-state index in [0.29, 0.717) is 13.1 Å². The Balaban J connectivity index is 2.71. The van der Waals surface area contributed by atoms with Crippen molar-refractivity contribution in [2.24, 2.45) is 5.92 Å². The van der Waals surface area contributed by atoms with Gasteiger partial charge in [-0.05, 0) is 20.3 Å². The van der Waals surface area contributed by atoms with Crippen LogP contribution in [0.1, 0.15) is 33.6 Å². The quantitative estimate of drug-likeness (QED) is 0.672. The standard InChI is InChI=1S/C14H24N2O4/c1-5-6-15(9-13(18)20-4)14(19)11-7-12(17)16(8-11)10(2)3/h10-11H,5-9H2,1-4H3. The lowest BCUT2D eigenvalue weighted by molar-refractivity contribution is -0.148. The van der Waals surface area contributed by atoms with Crippen molar-refractivity contribution in [1.82, 2.24) is 9.80 Å². The smallest absolute Gasteiger partial charge is 0.325 e. The van der Waals surface area contributed by atoms with Crippen molar-refractivity contribution in [3.63, 3.8) is 0 Å². The van der Waals surface area contributed by atoms with Crippen LogP contribution in [-0.2, 0) is 19.1 Å². The highest BCUT2D eigenvalue weighted by Gasteiger charge is 2.37. The van der Waals surface area contributed by atoms with Gasteiger partial charge in [-0.1, -0.05) is 6.92 Å². The Hall–Kier alpha value is -1.59. The van der Waals surface area contributed by atoms with E-state index >= 15 is 0 Å². The van der Waals surface area contributed by atoms with Crippen LogP contribution in [0.2, 0.25) is 0 Å². The third kappa shape index (κ3) is 3.95. The molecule has 0 bridgehead atoms. The summed E-state index contributed by atoms with van der Waals surface area (Å²) in [7, 11) is 1.30. The van der Waals surface area contributed by atoms with Crippen LogP contribution in [0.15, 0.2) is 0 Å². The van der Waals surface area contributed by atoms with Crippen LogP contribution in [0.3, 0.4) is 0 Å². The molecule has 1 unspecified atom stereocenters. The van der Waals surface area contributed by atoms with Gasteiger partial charge in [0.25, 0.3) is 0 Å². The number of methoxy groups -OCH3 is 1. The van der Waals surface area contributed by atoms with Gasteiger partial charge in [0.05, 0.1) is 13.0 Å². The lowest BCUT2D eigenvalue weighted by Crippen LogP contribution is -2.41. The van der Waals surface area contributed by atoms with Gasteiger partial charge in [-0.2, -0.15) is 0 Å². The van der Waals surface area contributed by atoms with Gasteiger partial charge in [-0.25, -0.2) is 0 Å². The van der Waals surface area contributed by atoms with Crippen LogP contribution in [0.5, 0.6) is 0 Å². The fraction of sp³-hybridized carbons (Fsp3) is 0.786. The number of nitrogens with zero attached hydrogens (tertiary/aromatic N) is 2. The fourth-order valence-electron chi connectivity index (χ4n) is 2.41. The highest BCUT2D eigenvalue weighted by molar-refractivity contribution is 5.90. The second-order valence-corrected chi connectivity index (χ2v) is 5.38. The molecule has 0 radical (unpaired) electrons. The van der Waals surface area contributed by atoms with Crippen LogP contribution < -0.4 is 0 Å². The van der Waals surface area contributed by atoms with Crippen molar-refractivity contribution in [3.05, 3.63) is 0 Å². The number of amides is 2. The highest BCUT2D eigenvalue weighted by Crippen LogP contribution is 2.22. The minimum absolute atomic E-state index is 0.00728. The van der Waals surface area contributed by atoms with Crippen molar-refractivity contribution in [1.29, 1.82) is 0 Å². The van der Waals surface area contributed by atoms with E-state index in [1.807, 2.05) is 20.8 Å². The van der Waals surface area contributed by atoms with Gasteiger partial charge in [0, 0.05) is 25.6 Å². The molecule has 1 fully saturated rings. The summed E-state index contributed by atoms with van der Waals surface area (Å²) in [5.41, 5.74) is 0. The van der Waals surface area contributed by atoms with Crippen molar-refractivity contribution < 1.29 is 19.1 Å². The number of esters is 1. The molecule has 1 heterocycles. The van der Waals surface area contributed by atoms with E-state index < -0.39 is 5.97 Å². The first-order valence-corrected chi connectivity index (χ1v) is 7.05. The Bertz CT molecular complexity index is 381. The second kappa shape index (κ2) is 7.26. The Morgan fingerprint density at radius 2 is 2.10 bits per heavy atom. The van der Waals surface area contributed by atoms with Crippen LogP contribution in [0, 0.1) is 5.92 Å². The minimum atomic E-state index is -0.433. The summed E-state index contributed by atoms with van der Waals surface area (Å²) < 4.78 is 4.61. The molecule has 0 spiro atoms. The molecule has 1 atom stereocenters. The summed E-state index contributed by atoms with van der Waals surface area (Å²) in [5.74, 6) is -0.903. The summed E-state index contributed by atoms with van der Waals surface area (Å²) in [6.45, 7) is 6.70. The van der Waals surface area contributed by atoms with Crippen molar-refractivity contribution in [2.45, 2.75) is 39.7 Å². The molecule has 0 aromatic rings. The van der Waals surface area contributed by atoms with Gasteiger partial charge in [-0.15, -0.1) is 0 Å². The Labute approximate surface area is 120 Å². The Morgan fingerprint density at radius 3 is 2.55 bits per heavy atom. The Kier molecular flexibility index (Phi) is 5.98. The van der Waals surface area contributed by atoms with E-state index in [4.69, 9.17) is 0 Å². The molecular weight excluding hydrogens is 260 g/mol. The number of rotatable bonds is 6. The molecule has 1 rings (SSSR count). The first kappa shape index (κ1) is 16.5. The van der Waals surface area contributed by atoms with E-state index in [-0.39, 0.29) is 36.7 Å². The summed E-state index contributed by atoms with van der Waals surface area (Å²) in [6, 6.07) is 0.0977. The summed E-state index contributed by atoms with van der Waals surface area (Å²) in [6.07, 6.45) is 0.996. The molecule has 1 saturated heterocycles.